The number of carbonyl (C=O) groups is 2. The molecule has 0 saturated heterocycles. The number of ketones is 1. The number of benzene rings is 1. The minimum atomic E-state index is -0.923. The first-order valence-corrected chi connectivity index (χ1v) is 11.5. The Morgan fingerprint density at radius 3 is 2.76 bits per heavy atom. The maximum Gasteiger partial charge on any atom is 0.315 e. The fourth-order valence-corrected chi connectivity index (χ4v) is 4.99. The van der Waals surface area contributed by atoms with Crippen LogP contribution in [0, 0.1) is 5.92 Å². The van der Waals surface area contributed by atoms with Crippen LogP contribution in [0.25, 0.3) is 0 Å². The van der Waals surface area contributed by atoms with Crippen molar-refractivity contribution in [1.29, 1.82) is 0 Å². The third-order valence-corrected chi connectivity index (χ3v) is 6.98. The molecule has 1 aliphatic heterocycles. The molecule has 1 aliphatic carbocycles. The van der Waals surface area contributed by atoms with Gasteiger partial charge in [0.1, 0.15) is 22.9 Å². The van der Waals surface area contributed by atoms with Crippen molar-refractivity contribution in [3.05, 3.63) is 23.3 Å². The summed E-state index contributed by atoms with van der Waals surface area (Å²) in [7, 11) is 0. The van der Waals surface area contributed by atoms with Crippen molar-refractivity contribution < 1.29 is 24.2 Å². The molecule has 2 atom stereocenters. The maximum absolute atomic E-state index is 12.7. The van der Waals surface area contributed by atoms with Crippen molar-refractivity contribution in [1.82, 2.24) is 0 Å². The summed E-state index contributed by atoms with van der Waals surface area (Å²) in [6, 6.07) is 3.47. The lowest BCUT2D eigenvalue weighted by Gasteiger charge is -2.47. The van der Waals surface area contributed by atoms with Gasteiger partial charge in [0.05, 0.1) is 12.0 Å². The Labute approximate surface area is 181 Å². The lowest BCUT2D eigenvalue weighted by atomic mass is 9.66. The second kappa shape index (κ2) is 8.29. The summed E-state index contributed by atoms with van der Waals surface area (Å²) < 4.78 is 11.8. The maximum atomic E-state index is 12.7. The Kier molecular flexibility index (Phi) is 6.32. The zero-order chi connectivity index (χ0) is 21.4. The minimum absolute atomic E-state index is 0.0524. The van der Waals surface area contributed by atoms with Crippen molar-refractivity contribution in [2.45, 2.75) is 76.7 Å². The quantitative estimate of drug-likeness (QED) is 0.362. The Morgan fingerprint density at radius 2 is 2.07 bits per heavy atom. The Morgan fingerprint density at radius 1 is 1.34 bits per heavy atom. The van der Waals surface area contributed by atoms with Gasteiger partial charge in [0, 0.05) is 35.6 Å². The number of esters is 1. The van der Waals surface area contributed by atoms with E-state index in [1.54, 1.807) is 19.9 Å². The van der Waals surface area contributed by atoms with Crippen LogP contribution in [-0.2, 0) is 19.7 Å². The molecule has 0 aromatic heterocycles. The molecule has 3 rings (SSSR count). The first-order chi connectivity index (χ1) is 13.6. The van der Waals surface area contributed by atoms with E-state index in [0.29, 0.717) is 36.3 Å². The number of fused-ring (bicyclic) bond motifs is 3. The third-order valence-electron chi connectivity index (χ3n) is 6.42. The summed E-state index contributed by atoms with van der Waals surface area (Å²) in [6.45, 7) is 8.04. The number of Topliss-reactive ketones (excluding diaryl/α,β-unsaturated/α-hetero) is 1. The van der Waals surface area contributed by atoms with Gasteiger partial charge in [-0.3, -0.25) is 9.59 Å². The van der Waals surface area contributed by atoms with Gasteiger partial charge in [0.15, 0.2) is 0 Å². The molecule has 0 bridgehead atoms. The second-order valence-corrected chi connectivity index (χ2v) is 10.1. The van der Waals surface area contributed by atoms with Gasteiger partial charge in [-0.25, -0.2) is 0 Å². The second-order valence-electron chi connectivity index (χ2n) is 9.26. The first kappa shape index (κ1) is 22.1. The van der Waals surface area contributed by atoms with Crippen molar-refractivity contribution in [3.63, 3.8) is 0 Å². The zero-order valence-corrected chi connectivity index (χ0v) is 19.3. The van der Waals surface area contributed by atoms with Crippen LogP contribution in [0.2, 0.25) is 0 Å². The van der Waals surface area contributed by atoms with Crippen molar-refractivity contribution >= 4 is 27.7 Å². The number of unbranched alkanes of at least 4 members (excludes halogenated alkanes) is 1. The number of carbonyl (C=O) groups excluding carboxylic acids is 2. The zero-order valence-electron chi connectivity index (χ0n) is 17.7. The molecule has 1 heterocycles. The van der Waals surface area contributed by atoms with E-state index in [1.165, 1.54) is 0 Å². The van der Waals surface area contributed by atoms with Crippen LogP contribution in [0.1, 0.15) is 76.8 Å². The van der Waals surface area contributed by atoms with Crippen LogP contribution in [0.4, 0.5) is 0 Å². The molecule has 2 aliphatic rings. The number of halogens is 1. The molecule has 0 spiro atoms. The molecule has 1 aromatic rings. The Balaban J connectivity index is 1.92. The fourth-order valence-electron chi connectivity index (χ4n) is 4.59. The highest BCUT2D eigenvalue weighted by molar-refractivity contribution is 9.09. The average Bonchev–Trinajstić information content (AvgIpc) is 2.63. The molecule has 1 fully saturated rings. The highest BCUT2D eigenvalue weighted by atomic mass is 79.9. The summed E-state index contributed by atoms with van der Waals surface area (Å²) in [4.78, 5) is 24.8. The molecule has 29 heavy (non-hydrogen) atoms. The van der Waals surface area contributed by atoms with Gasteiger partial charge in [-0.15, -0.1) is 0 Å². The van der Waals surface area contributed by atoms with Crippen LogP contribution in [-0.4, -0.2) is 34.4 Å². The van der Waals surface area contributed by atoms with E-state index in [9.17, 15) is 14.7 Å². The molecule has 6 heteroatoms. The minimum Gasteiger partial charge on any atom is -0.508 e. The molecule has 1 aromatic carbocycles. The Hall–Kier alpha value is -1.56. The summed E-state index contributed by atoms with van der Waals surface area (Å²) in [6.07, 6.45) is 3.50. The molecule has 160 valence electrons. The lowest BCUT2D eigenvalue weighted by Crippen LogP contribution is -2.47. The van der Waals surface area contributed by atoms with Gasteiger partial charge in [-0.2, -0.15) is 0 Å². The average molecular weight is 467 g/mol. The summed E-state index contributed by atoms with van der Waals surface area (Å²) in [5.41, 5.74) is -0.0135. The summed E-state index contributed by atoms with van der Waals surface area (Å²) in [5.74, 6) is 0.692. The topological polar surface area (TPSA) is 72.8 Å². The van der Waals surface area contributed by atoms with Gasteiger partial charge in [0.25, 0.3) is 0 Å². The lowest BCUT2D eigenvalue weighted by molar-refractivity contribution is -0.149. The number of alkyl halides is 1. The monoisotopic (exact) mass is 466 g/mol. The number of rotatable bonds is 6. The van der Waals surface area contributed by atoms with Gasteiger partial charge in [0.2, 0.25) is 0 Å². The first-order valence-electron chi connectivity index (χ1n) is 10.4. The molecule has 5 nitrogen and oxygen atoms in total. The van der Waals surface area contributed by atoms with Crippen molar-refractivity contribution in [3.8, 4) is 11.5 Å². The van der Waals surface area contributed by atoms with Gasteiger partial charge >= 0.3 is 5.97 Å². The van der Waals surface area contributed by atoms with E-state index in [4.69, 9.17) is 9.47 Å². The number of phenols is 1. The molecule has 1 saturated carbocycles. The number of ether oxygens (including phenoxy) is 2. The number of hydrogen-bond donors (Lipinski definition) is 1. The van der Waals surface area contributed by atoms with Crippen LogP contribution in [0.15, 0.2) is 12.1 Å². The number of hydrogen-bond acceptors (Lipinski definition) is 5. The van der Waals surface area contributed by atoms with Gasteiger partial charge in [-0.05, 0) is 64.7 Å². The number of phenolic OH excluding ortho intramolecular Hbond substituents is 1. The van der Waals surface area contributed by atoms with E-state index in [2.05, 4.69) is 15.9 Å². The predicted octanol–water partition coefficient (Wildman–Crippen LogP) is 5.01. The summed E-state index contributed by atoms with van der Waals surface area (Å²) in [5, 5.41) is 11.8. The van der Waals surface area contributed by atoms with E-state index < -0.39 is 11.0 Å². The third kappa shape index (κ3) is 4.32. The van der Waals surface area contributed by atoms with E-state index >= 15 is 0 Å². The SMILES string of the molecule is CC(C)(C(=O)OCCCCBr)c1cc(O)c2c(c1)OC(C)(C)[C@@H]1CCC(=O)C[C@@H]21. The van der Waals surface area contributed by atoms with Crippen LogP contribution in [0.3, 0.4) is 0 Å². The van der Waals surface area contributed by atoms with Crippen LogP contribution in [0.5, 0.6) is 11.5 Å². The molecular formula is C23H31BrO5. The normalized spacial score (nSPS) is 23.0. The summed E-state index contributed by atoms with van der Waals surface area (Å²) >= 11 is 3.37. The van der Waals surface area contributed by atoms with E-state index in [-0.39, 0.29) is 29.3 Å². The van der Waals surface area contributed by atoms with Gasteiger partial charge < -0.3 is 14.6 Å². The fraction of sp³-hybridized carbons (Fsp3) is 0.652. The number of aromatic hydroxyl groups is 1. The highest BCUT2D eigenvalue weighted by Gasteiger charge is 2.48. The largest absolute Gasteiger partial charge is 0.508 e. The smallest absolute Gasteiger partial charge is 0.315 e. The molecular weight excluding hydrogens is 436 g/mol. The van der Waals surface area contributed by atoms with Crippen molar-refractivity contribution in [2.75, 3.05) is 11.9 Å². The predicted molar refractivity (Wildman–Crippen MR) is 115 cm³/mol. The molecule has 1 N–H and O–H groups in total. The standard InChI is InChI=1S/C23H31BrO5/c1-22(2,21(27)28-10-6-5-9-24)14-11-18(26)20-16-13-15(25)7-8-17(16)23(3,4)29-19(20)12-14/h11-12,16-17,26H,5-10,13H2,1-4H3/t16-,17-/m1/s1. The van der Waals surface area contributed by atoms with E-state index in [1.807, 2.05) is 19.9 Å². The van der Waals surface area contributed by atoms with Crippen LogP contribution >= 0.6 is 15.9 Å². The van der Waals surface area contributed by atoms with Crippen molar-refractivity contribution in [2.24, 2.45) is 5.92 Å². The van der Waals surface area contributed by atoms with Crippen LogP contribution < -0.4 is 4.74 Å². The van der Waals surface area contributed by atoms with Gasteiger partial charge in [-0.1, -0.05) is 15.9 Å². The van der Waals surface area contributed by atoms with E-state index in [0.717, 1.165) is 24.6 Å². The molecule has 0 amide bonds. The molecule has 0 unspecified atom stereocenters. The molecule has 0 radical (unpaired) electrons. The Bertz CT molecular complexity index is 799. The highest BCUT2D eigenvalue weighted by Crippen LogP contribution is 2.54.